The van der Waals surface area contributed by atoms with Crippen LogP contribution in [0.3, 0.4) is 0 Å². The third-order valence-electron chi connectivity index (χ3n) is 5.79. The van der Waals surface area contributed by atoms with Crippen LogP contribution in [0.4, 0.5) is 0 Å². The number of carbonyl (C=O) groups is 1. The number of hydrogen-bond acceptors (Lipinski definition) is 3. The summed E-state index contributed by atoms with van der Waals surface area (Å²) in [4.78, 5) is 15.7. The van der Waals surface area contributed by atoms with Crippen molar-refractivity contribution in [1.29, 1.82) is 0 Å². The molecule has 0 aromatic heterocycles. The number of Topliss-reactive ketones (excluding diaryl/α,β-unsaturated/α-hetero) is 1. The van der Waals surface area contributed by atoms with Crippen molar-refractivity contribution in [3.8, 4) is 0 Å². The van der Waals surface area contributed by atoms with Crippen molar-refractivity contribution in [2.75, 3.05) is 13.1 Å². The Balaban J connectivity index is 1.63. The van der Waals surface area contributed by atoms with Crippen molar-refractivity contribution >= 4 is 17.4 Å². The minimum Gasteiger partial charge on any atom is -0.384 e. The summed E-state index contributed by atoms with van der Waals surface area (Å²) in [5.41, 5.74) is 1.41. The molecule has 4 rings (SSSR count). The van der Waals surface area contributed by atoms with E-state index < -0.39 is 11.5 Å². The fourth-order valence-corrected chi connectivity index (χ4v) is 4.30. The van der Waals surface area contributed by atoms with Crippen molar-refractivity contribution in [2.24, 2.45) is 5.92 Å². The average Bonchev–Trinajstić information content (AvgIpc) is 2.77. The molecule has 2 unspecified atom stereocenters. The molecule has 1 saturated heterocycles. The molecule has 1 heterocycles. The van der Waals surface area contributed by atoms with Crippen molar-refractivity contribution in [1.82, 2.24) is 4.90 Å². The van der Waals surface area contributed by atoms with Gasteiger partial charge in [0.25, 0.3) is 0 Å². The van der Waals surface area contributed by atoms with Crippen molar-refractivity contribution < 1.29 is 9.90 Å². The molecule has 1 aliphatic rings. The zero-order valence-electron chi connectivity index (χ0n) is 16.2. The van der Waals surface area contributed by atoms with E-state index in [-0.39, 0.29) is 5.78 Å². The molecule has 4 heteroatoms. The highest BCUT2D eigenvalue weighted by Crippen LogP contribution is 2.39. The molecule has 3 aromatic rings. The maximum absolute atomic E-state index is 13.4. The van der Waals surface area contributed by atoms with Gasteiger partial charge in [-0.1, -0.05) is 84.4 Å². The Morgan fingerprint density at radius 1 is 0.966 bits per heavy atom. The zero-order chi connectivity index (χ0) is 20.3. The molecule has 3 nitrogen and oxygen atoms in total. The number of hydrogen-bond donors (Lipinski definition) is 1. The van der Waals surface area contributed by atoms with Gasteiger partial charge in [0.2, 0.25) is 0 Å². The Morgan fingerprint density at radius 3 is 2.24 bits per heavy atom. The van der Waals surface area contributed by atoms with Gasteiger partial charge in [0.15, 0.2) is 5.78 Å². The van der Waals surface area contributed by atoms with Crippen LogP contribution >= 0.6 is 11.6 Å². The summed E-state index contributed by atoms with van der Waals surface area (Å²) >= 11 is 6.00. The fourth-order valence-electron chi connectivity index (χ4n) is 4.17. The first-order chi connectivity index (χ1) is 14.1. The van der Waals surface area contributed by atoms with Gasteiger partial charge < -0.3 is 5.11 Å². The summed E-state index contributed by atoms with van der Waals surface area (Å²) in [5.74, 6) is -0.550. The molecule has 0 saturated carbocycles. The van der Waals surface area contributed by atoms with E-state index in [1.807, 2.05) is 84.9 Å². The van der Waals surface area contributed by atoms with E-state index >= 15 is 0 Å². The van der Waals surface area contributed by atoms with Gasteiger partial charge in [-0.3, -0.25) is 9.69 Å². The van der Waals surface area contributed by atoms with Crippen molar-refractivity contribution in [3.63, 3.8) is 0 Å². The van der Waals surface area contributed by atoms with Gasteiger partial charge in [0, 0.05) is 30.2 Å². The lowest BCUT2D eigenvalue weighted by atomic mass is 9.72. The Labute approximate surface area is 176 Å². The number of likely N-dealkylation sites (tertiary alicyclic amines) is 1. The third kappa shape index (κ3) is 4.27. The van der Waals surface area contributed by atoms with Crippen LogP contribution in [-0.4, -0.2) is 28.9 Å². The SMILES string of the molecule is O=C(c1ccccc1)C1CN(Cc2ccc(Cl)cc2)CCC1(O)c1ccccc1. The van der Waals surface area contributed by atoms with Crippen molar-refractivity contribution in [2.45, 2.75) is 18.6 Å². The van der Waals surface area contributed by atoms with Crippen LogP contribution in [0, 0.1) is 5.92 Å². The van der Waals surface area contributed by atoms with Crippen LogP contribution in [0.25, 0.3) is 0 Å². The number of benzene rings is 3. The molecule has 0 aliphatic carbocycles. The number of aliphatic hydroxyl groups is 1. The molecule has 0 bridgehead atoms. The minimum absolute atomic E-state index is 0.0160. The van der Waals surface area contributed by atoms with Gasteiger partial charge in [-0.15, -0.1) is 0 Å². The summed E-state index contributed by atoms with van der Waals surface area (Å²) in [7, 11) is 0. The Bertz CT molecular complexity index is 959. The Morgan fingerprint density at radius 2 is 1.59 bits per heavy atom. The van der Waals surface area contributed by atoms with E-state index in [0.717, 1.165) is 17.7 Å². The van der Waals surface area contributed by atoms with Crippen LogP contribution < -0.4 is 0 Å². The molecule has 1 aliphatic heterocycles. The van der Waals surface area contributed by atoms with Crippen LogP contribution in [0.15, 0.2) is 84.9 Å². The Kier molecular flexibility index (Phi) is 5.81. The Hall–Kier alpha value is -2.46. The highest BCUT2D eigenvalue weighted by Gasteiger charge is 2.46. The van der Waals surface area contributed by atoms with E-state index in [4.69, 9.17) is 11.6 Å². The fraction of sp³-hybridized carbons (Fsp3) is 0.240. The molecular formula is C25H24ClNO2. The number of carbonyl (C=O) groups excluding carboxylic acids is 1. The predicted molar refractivity (Wildman–Crippen MR) is 116 cm³/mol. The van der Waals surface area contributed by atoms with Crippen LogP contribution in [0.1, 0.15) is 27.9 Å². The van der Waals surface area contributed by atoms with Crippen LogP contribution in [0.2, 0.25) is 5.02 Å². The second-order valence-corrected chi connectivity index (χ2v) is 8.12. The van der Waals surface area contributed by atoms with Crippen molar-refractivity contribution in [3.05, 3.63) is 107 Å². The summed E-state index contributed by atoms with van der Waals surface area (Å²) in [5, 5.41) is 12.4. The zero-order valence-corrected chi connectivity index (χ0v) is 16.9. The molecule has 0 amide bonds. The van der Waals surface area contributed by atoms with Gasteiger partial charge in [-0.05, 0) is 29.7 Å². The summed E-state index contributed by atoms with van der Waals surface area (Å²) in [6.07, 6.45) is 0.508. The van der Waals surface area contributed by atoms with E-state index in [0.29, 0.717) is 30.1 Å². The summed E-state index contributed by atoms with van der Waals surface area (Å²) in [6, 6.07) is 26.6. The normalized spacial score (nSPS) is 22.3. The topological polar surface area (TPSA) is 40.5 Å². The largest absolute Gasteiger partial charge is 0.384 e. The number of ketones is 1. The second-order valence-electron chi connectivity index (χ2n) is 7.68. The van der Waals surface area contributed by atoms with Gasteiger partial charge in [-0.25, -0.2) is 0 Å². The van der Waals surface area contributed by atoms with E-state index in [1.165, 1.54) is 0 Å². The molecule has 0 spiro atoms. The highest BCUT2D eigenvalue weighted by atomic mass is 35.5. The molecule has 1 N–H and O–H groups in total. The van der Waals surface area contributed by atoms with Crippen LogP contribution in [0.5, 0.6) is 0 Å². The average molecular weight is 406 g/mol. The molecule has 3 aromatic carbocycles. The smallest absolute Gasteiger partial charge is 0.170 e. The maximum Gasteiger partial charge on any atom is 0.170 e. The molecule has 2 atom stereocenters. The predicted octanol–water partition coefficient (Wildman–Crippen LogP) is 4.93. The van der Waals surface area contributed by atoms with Gasteiger partial charge in [-0.2, -0.15) is 0 Å². The quantitative estimate of drug-likeness (QED) is 0.611. The highest BCUT2D eigenvalue weighted by molar-refractivity contribution is 6.30. The number of rotatable bonds is 5. The first-order valence-corrected chi connectivity index (χ1v) is 10.3. The monoisotopic (exact) mass is 405 g/mol. The molecule has 1 fully saturated rings. The first kappa shape index (κ1) is 19.8. The second kappa shape index (κ2) is 8.50. The number of piperidine rings is 1. The third-order valence-corrected chi connectivity index (χ3v) is 6.05. The summed E-state index contributed by atoms with van der Waals surface area (Å²) < 4.78 is 0. The molecule has 29 heavy (non-hydrogen) atoms. The first-order valence-electron chi connectivity index (χ1n) is 9.90. The number of nitrogens with zero attached hydrogens (tertiary/aromatic N) is 1. The standard InChI is InChI=1S/C25H24ClNO2/c26-22-13-11-19(12-14-22)17-27-16-15-25(29,21-9-5-2-6-10-21)23(18-27)24(28)20-7-3-1-4-8-20/h1-14,23,29H,15-18H2. The maximum atomic E-state index is 13.4. The molecule has 0 radical (unpaired) electrons. The van der Waals surface area contributed by atoms with Gasteiger partial charge >= 0.3 is 0 Å². The minimum atomic E-state index is -1.18. The lowest BCUT2D eigenvalue weighted by Crippen LogP contribution is -2.52. The molecule has 148 valence electrons. The van der Waals surface area contributed by atoms with Gasteiger partial charge in [0.1, 0.15) is 5.60 Å². The van der Waals surface area contributed by atoms with Gasteiger partial charge in [0.05, 0.1) is 5.92 Å². The number of halogens is 1. The molecular weight excluding hydrogens is 382 g/mol. The lowest BCUT2D eigenvalue weighted by Gasteiger charge is -2.44. The van der Waals surface area contributed by atoms with E-state index in [1.54, 1.807) is 0 Å². The lowest BCUT2D eigenvalue weighted by molar-refractivity contribution is -0.0658. The van der Waals surface area contributed by atoms with Crippen LogP contribution in [-0.2, 0) is 12.1 Å². The van der Waals surface area contributed by atoms with E-state index in [2.05, 4.69) is 4.90 Å². The summed E-state index contributed by atoms with van der Waals surface area (Å²) in [6.45, 7) is 1.94. The van der Waals surface area contributed by atoms with E-state index in [9.17, 15) is 9.90 Å².